The van der Waals surface area contributed by atoms with Crippen molar-refractivity contribution >= 4 is 12.0 Å². The van der Waals surface area contributed by atoms with Crippen molar-refractivity contribution in [2.24, 2.45) is 0 Å². The normalized spacial score (nSPS) is 27.6. The summed E-state index contributed by atoms with van der Waals surface area (Å²) in [6.45, 7) is 1.91. The Kier molecular flexibility index (Phi) is 4.06. The molecule has 0 aliphatic carbocycles. The molecule has 2 heterocycles. The molecule has 2 aliphatic heterocycles. The summed E-state index contributed by atoms with van der Waals surface area (Å²) in [5.74, 6) is -0.988. The van der Waals surface area contributed by atoms with Crippen molar-refractivity contribution in [3.63, 3.8) is 0 Å². The van der Waals surface area contributed by atoms with E-state index in [1.54, 1.807) is 0 Å². The lowest BCUT2D eigenvalue weighted by molar-refractivity contribution is -0.137. The van der Waals surface area contributed by atoms with Crippen LogP contribution >= 0.6 is 0 Å². The van der Waals surface area contributed by atoms with E-state index in [1.807, 2.05) is 0 Å². The lowest BCUT2D eigenvalue weighted by Crippen LogP contribution is -2.50. The summed E-state index contributed by atoms with van der Waals surface area (Å²) in [5.41, 5.74) is 0. The van der Waals surface area contributed by atoms with E-state index in [2.05, 4.69) is 10.2 Å². The van der Waals surface area contributed by atoms with Crippen LogP contribution in [0.5, 0.6) is 0 Å². The smallest absolute Gasteiger partial charge is 0.323 e. The van der Waals surface area contributed by atoms with Crippen LogP contribution in [0.25, 0.3) is 0 Å². The number of carboxylic acids is 1. The summed E-state index contributed by atoms with van der Waals surface area (Å²) in [6.07, 6.45) is 4.57. The van der Waals surface area contributed by atoms with Gasteiger partial charge in [-0.15, -0.1) is 0 Å². The maximum atomic E-state index is 11.8. The van der Waals surface area contributed by atoms with Crippen LogP contribution < -0.4 is 5.32 Å². The summed E-state index contributed by atoms with van der Waals surface area (Å²) in [5, 5.41) is 11.6. The molecular weight excluding hydrogens is 234 g/mol. The number of likely N-dealkylation sites (N-methyl/N-ethyl adjacent to an activating group) is 1. The molecule has 0 bridgehead atoms. The van der Waals surface area contributed by atoms with Crippen molar-refractivity contribution in [3.05, 3.63) is 0 Å². The Labute approximate surface area is 107 Å². The van der Waals surface area contributed by atoms with Gasteiger partial charge in [-0.1, -0.05) is 6.42 Å². The van der Waals surface area contributed by atoms with Crippen LogP contribution in [0, 0.1) is 0 Å². The van der Waals surface area contributed by atoms with Crippen molar-refractivity contribution in [3.8, 4) is 0 Å². The van der Waals surface area contributed by atoms with Crippen LogP contribution in [0.15, 0.2) is 0 Å². The zero-order chi connectivity index (χ0) is 13.1. The minimum atomic E-state index is -0.988. The molecule has 0 saturated carbocycles. The third kappa shape index (κ3) is 2.93. The predicted molar refractivity (Wildman–Crippen MR) is 66.4 cm³/mol. The fourth-order valence-corrected chi connectivity index (χ4v) is 2.96. The van der Waals surface area contributed by atoms with Gasteiger partial charge in [-0.3, -0.25) is 9.69 Å². The number of fused-ring (bicyclic) bond motifs is 1. The fourth-order valence-electron chi connectivity index (χ4n) is 2.96. The number of urea groups is 1. The van der Waals surface area contributed by atoms with E-state index in [-0.39, 0.29) is 18.6 Å². The molecule has 6 heteroatoms. The highest BCUT2D eigenvalue weighted by molar-refractivity contribution is 5.80. The van der Waals surface area contributed by atoms with E-state index in [0.717, 1.165) is 25.9 Å². The van der Waals surface area contributed by atoms with Crippen molar-refractivity contribution in [1.29, 1.82) is 0 Å². The third-order valence-electron chi connectivity index (χ3n) is 3.88. The number of nitrogens with zero attached hydrogens (tertiary/aromatic N) is 2. The Balaban J connectivity index is 1.85. The number of carbonyl (C=O) groups excluding carboxylic acids is 1. The molecule has 0 spiro atoms. The number of nitrogens with one attached hydrogen (secondary N) is 1. The number of amides is 2. The van der Waals surface area contributed by atoms with Gasteiger partial charge in [0, 0.05) is 25.7 Å². The number of carboxylic acid groups (broad SMARTS) is 1. The molecule has 2 saturated heterocycles. The molecule has 2 atom stereocenters. The Bertz CT molecular complexity index is 335. The molecule has 0 aromatic carbocycles. The number of aliphatic carboxylic acids is 1. The van der Waals surface area contributed by atoms with Gasteiger partial charge in [-0.05, 0) is 25.8 Å². The Morgan fingerprint density at radius 1 is 1.33 bits per heavy atom. The van der Waals surface area contributed by atoms with Gasteiger partial charge in [0.25, 0.3) is 0 Å². The summed E-state index contributed by atoms with van der Waals surface area (Å²) >= 11 is 0. The van der Waals surface area contributed by atoms with Gasteiger partial charge in [0.05, 0.1) is 0 Å². The molecule has 2 rings (SSSR count). The second-order valence-corrected chi connectivity index (χ2v) is 5.19. The number of carbonyl (C=O) groups is 2. The van der Waals surface area contributed by atoms with Crippen LogP contribution in [0.1, 0.15) is 25.7 Å². The van der Waals surface area contributed by atoms with Gasteiger partial charge in [0.1, 0.15) is 6.54 Å². The zero-order valence-corrected chi connectivity index (χ0v) is 10.8. The van der Waals surface area contributed by atoms with Gasteiger partial charge >= 0.3 is 12.0 Å². The minimum Gasteiger partial charge on any atom is -0.480 e. The van der Waals surface area contributed by atoms with Crippen LogP contribution in [0.4, 0.5) is 4.79 Å². The molecule has 18 heavy (non-hydrogen) atoms. The zero-order valence-electron chi connectivity index (χ0n) is 10.8. The number of piperidine rings is 1. The van der Waals surface area contributed by atoms with Crippen molar-refractivity contribution < 1.29 is 14.7 Å². The molecule has 2 unspecified atom stereocenters. The molecule has 0 aromatic heterocycles. The number of rotatable bonds is 3. The number of hydrogen-bond donors (Lipinski definition) is 2. The second kappa shape index (κ2) is 5.56. The molecule has 6 nitrogen and oxygen atoms in total. The summed E-state index contributed by atoms with van der Waals surface area (Å²) < 4.78 is 0. The Morgan fingerprint density at radius 3 is 2.83 bits per heavy atom. The van der Waals surface area contributed by atoms with E-state index < -0.39 is 5.97 Å². The van der Waals surface area contributed by atoms with E-state index in [9.17, 15) is 9.59 Å². The molecule has 102 valence electrons. The highest BCUT2D eigenvalue weighted by Crippen LogP contribution is 2.27. The van der Waals surface area contributed by atoms with Crippen molar-refractivity contribution in [2.45, 2.75) is 37.8 Å². The maximum absolute atomic E-state index is 11.8. The van der Waals surface area contributed by atoms with Gasteiger partial charge in [-0.2, -0.15) is 0 Å². The van der Waals surface area contributed by atoms with Crippen LogP contribution in [-0.4, -0.2) is 65.7 Å². The molecule has 2 aliphatic rings. The largest absolute Gasteiger partial charge is 0.480 e. The highest BCUT2D eigenvalue weighted by Gasteiger charge is 2.36. The summed E-state index contributed by atoms with van der Waals surface area (Å²) in [4.78, 5) is 26.0. The SMILES string of the molecule is CN(CC(=O)O)C(=O)NC1CCN2CCCCC12. The average Bonchev–Trinajstić information content (AvgIpc) is 2.72. The summed E-state index contributed by atoms with van der Waals surface area (Å²) in [6, 6.07) is 0.338. The van der Waals surface area contributed by atoms with Gasteiger partial charge in [0.15, 0.2) is 0 Å². The summed E-state index contributed by atoms with van der Waals surface area (Å²) in [7, 11) is 1.51. The monoisotopic (exact) mass is 255 g/mol. The standard InChI is InChI=1S/C12H21N3O3/c1-14(8-11(16)17)12(18)13-9-5-7-15-6-3-2-4-10(9)15/h9-10H,2-8H2,1H3,(H,13,18)(H,16,17). The predicted octanol–water partition coefficient (Wildman–Crippen LogP) is 0.339. The highest BCUT2D eigenvalue weighted by atomic mass is 16.4. The first kappa shape index (κ1) is 13.1. The molecule has 2 amide bonds. The maximum Gasteiger partial charge on any atom is 0.323 e. The van der Waals surface area contributed by atoms with Gasteiger partial charge in [-0.25, -0.2) is 4.79 Å². The average molecular weight is 255 g/mol. The van der Waals surface area contributed by atoms with Crippen molar-refractivity contribution in [1.82, 2.24) is 15.1 Å². The van der Waals surface area contributed by atoms with Crippen molar-refractivity contribution in [2.75, 3.05) is 26.7 Å². The molecule has 2 N–H and O–H groups in total. The number of hydrogen-bond acceptors (Lipinski definition) is 3. The lowest BCUT2D eigenvalue weighted by atomic mass is 9.99. The Morgan fingerprint density at radius 2 is 2.11 bits per heavy atom. The minimum absolute atomic E-state index is 0.175. The molecular formula is C12H21N3O3. The molecule has 0 aromatic rings. The van der Waals surface area contributed by atoms with E-state index in [4.69, 9.17) is 5.11 Å². The van der Waals surface area contributed by atoms with E-state index >= 15 is 0 Å². The molecule has 2 fully saturated rings. The topological polar surface area (TPSA) is 72.9 Å². The second-order valence-electron chi connectivity index (χ2n) is 5.19. The van der Waals surface area contributed by atoms with Crippen LogP contribution in [0.2, 0.25) is 0 Å². The lowest BCUT2D eigenvalue weighted by Gasteiger charge is -2.33. The van der Waals surface area contributed by atoms with E-state index in [0.29, 0.717) is 6.04 Å². The molecule has 0 radical (unpaired) electrons. The first-order chi connectivity index (χ1) is 8.58. The Hall–Kier alpha value is -1.30. The van der Waals surface area contributed by atoms with Gasteiger partial charge < -0.3 is 15.3 Å². The quantitative estimate of drug-likeness (QED) is 0.762. The third-order valence-corrected chi connectivity index (χ3v) is 3.88. The first-order valence-corrected chi connectivity index (χ1v) is 6.55. The fraction of sp³-hybridized carbons (Fsp3) is 0.833. The van der Waals surface area contributed by atoms with Crippen LogP contribution in [0.3, 0.4) is 0 Å². The van der Waals surface area contributed by atoms with Gasteiger partial charge in [0.2, 0.25) is 0 Å². The van der Waals surface area contributed by atoms with E-state index in [1.165, 1.54) is 24.8 Å². The van der Waals surface area contributed by atoms with Crippen LogP contribution in [-0.2, 0) is 4.79 Å². The first-order valence-electron chi connectivity index (χ1n) is 6.55.